The van der Waals surface area contributed by atoms with Gasteiger partial charge in [0.15, 0.2) is 0 Å². The second kappa shape index (κ2) is 5.97. The molecule has 2 aliphatic heterocycles. The number of hydrogen-bond acceptors (Lipinski definition) is 6. The van der Waals surface area contributed by atoms with Crippen LogP contribution in [0, 0.1) is 0 Å². The number of cyclic esters (lactones) is 1. The number of pyridine rings is 2. The second-order valence-electron chi connectivity index (χ2n) is 6.99. The fraction of sp³-hybridized carbons (Fsp3) is 0.250. The van der Waals surface area contributed by atoms with Gasteiger partial charge in [0.2, 0.25) is 5.60 Å². The molecule has 1 atom stereocenters. The van der Waals surface area contributed by atoms with E-state index in [1.54, 1.807) is 17.6 Å². The maximum Gasteiger partial charge on any atom is 0.345 e. The van der Waals surface area contributed by atoms with E-state index >= 15 is 0 Å². The zero-order chi connectivity index (χ0) is 19.6. The molecule has 8 heteroatoms. The zero-order valence-corrected chi connectivity index (χ0v) is 16.6. The lowest BCUT2D eigenvalue weighted by Gasteiger charge is -2.34. The van der Waals surface area contributed by atoms with Crippen LogP contribution in [0.25, 0.3) is 22.3 Å². The van der Waals surface area contributed by atoms with Gasteiger partial charge in [0.25, 0.3) is 5.56 Å². The van der Waals surface area contributed by atoms with E-state index in [1.165, 1.54) is 0 Å². The molecule has 0 fully saturated rings. The van der Waals surface area contributed by atoms with Crippen molar-refractivity contribution in [2.75, 3.05) is 0 Å². The Bertz CT molecular complexity index is 1230. The summed E-state index contributed by atoms with van der Waals surface area (Å²) in [6, 6.07) is 9.65. The van der Waals surface area contributed by atoms with Crippen LogP contribution in [-0.4, -0.2) is 15.5 Å². The first-order chi connectivity index (χ1) is 13.5. The van der Waals surface area contributed by atoms with Crippen LogP contribution in [0.5, 0.6) is 0 Å². The molecular weight excluding hydrogens is 426 g/mol. The average Bonchev–Trinajstić information content (AvgIpc) is 3.06. The van der Waals surface area contributed by atoms with Gasteiger partial charge in [-0.25, -0.2) is 15.7 Å². The molecule has 3 aromatic rings. The Hall–Kier alpha value is -2.55. The molecule has 4 heterocycles. The highest BCUT2D eigenvalue weighted by Gasteiger charge is 2.48. The monoisotopic (exact) mass is 441 g/mol. The minimum atomic E-state index is -1.48. The van der Waals surface area contributed by atoms with Crippen LogP contribution < -0.4 is 11.5 Å². The molecule has 0 saturated carbocycles. The standard InChI is InChI=1S/C20H16BrN3O4/c1-2-20(28-22)13-7-16-17-10(6-11-14(21)4-3-5-15(11)23-17)8-24(16)18(25)12(13)9-27-19(20)26/h3-7H,2,8-9,22H2,1H3/t20-/m0/s1. The molecule has 2 aliphatic rings. The van der Waals surface area contributed by atoms with Crippen LogP contribution in [-0.2, 0) is 33.1 Å². The van der Waals surface area contributed by atoms with Gasteiger partial charge in [0.05, 0.1) is 29.0 Å². The SMILES string of the molecule is CC[C@@]1(ON)C(=O)OCc2c1cc1n(c2=O)Cc2cc3c(Br)cccc3nc2-1. The van der Waals surface area contributed by atoms with E-state index in [0.717, 1.165) is 26.6 Å². The van der Waals surface area contributed by atoms with Crippen molar-refractivity contribution in [2.45, 2.75) is 32.1 Å². The van der Waals surface area contributed by atoms with Gasteiger partial charge in [0, 0.05) is 21.0 Å². The molecule has 1 aromatic carbocycles. The number of halogens is 1. The first-order valence-corrected chi connectivity index (χ1v) is 9.70. The lowest BCUT2D eigenvalue weighted by Crippen LogP contribution is -2.47. The largest absolute Gasteiger partial charge is 0.458 e. The van der Waals surface area contributed by atoms with Gasteiger partial charge in [0.1, 0.15) is 6.61 Å². The second-order valence-corrected chi connectivity index (χ2v) is 7.84. The molecule has 5 rings (SSSR count). The van der Waals surface area contributed by atoms with Gasteiger partial charge in [-0.2, -0.15) is 0 Å². The van der Waals surface area contributed by atoms with E-state index in [0.29, 0.717) is 23.4 Å². The topological polar surface area (TPSA) is 96.4 Å². The number of esters is 1. The number of fused-ring (bicyclic) bond motifs is 5. The highest BCUT2D eigenvalue weighted by Crippen LogP contribution is 2.40. The fourth-order valence-electron chi connectivity index (χ4n) is 4.15. The van der Waals surface area contributed by atoms with Gasteiger partial charge in [-0.3, -0.25) is 9.63 Å². The molecule has 2 N–H and O–H groups in total. The van der Waals surface area contributed by atoms with E-state index in [4.69, 9.17) is 20.5 Å². The first-order valence-electron chi connectivity index (χ1n) is 8.91. The van der Waals surface area contributed by atoms with Crippen LogP contribution in [0.15, 0.2) is 39.6 Å². The number of rotatable bonds is 2. The predicted molar refractivity (Wildman–Crippen MR) is 105 cm³/mol. The number of nitrogens with zero attached hydrogens (tertiary/aromatic N) is 2. The summed E-state index contributed by atoms with van der Waals surface area (Å²) in [4.78, 5) is 35.5. The number of carbonyl (C=O) groups excluding carboxylic acids is 1. The Kier molecular flexibility index (Phi) is 3.74. The summed E-state index contributed by atoms with van der Waals surface area (Å²) in [5.74, 6) is 4.92. The summed E-state index contributed by atoms with van der Waals surface area (Å²) in [5.41, 5.74) is 2.33. The van der Waals surface area contributed by atoms with E-state index in [2.05, 4.69) is 15.9 Å². The quantitative estimate of drug-likeness (QED) is 0.379. The fourth-order valence-corrected chi connectivity index (χ4v) is 4.62. The average molecular weight is 442 g/mol. The molecule has 0 bridgehead atoms. The number of benzene rings is 1. The highest BCUT2D eigenvalue weighted by molar-refractivity contribution is 9.10. The molecule has 7 nitrogen and oxygen atoms in total. The normalized spacial score (nSPS) is 19.9. The minimum Gasteiger partial charge on any atom is -0.458 e. The zero-order valence-electron chi connectivity index (χ0n) is 15.0. The number of hydrogen-bond donors (Lipinski definition) is 1. The third kappa shape index (κ3) is 2.13. The van der Waals surface area contributed by atoms with Crippen molar-refractivity contribution in [3.05, 3.63) is 61.8 Å². The van der Waals surface area contributed by atoms with Crippen LogP contribution in [0.4, 0.5) is 0 Å². The van der Waals surface area contributed by atoms with Crippen molar-refractivity contribution >= 4 is 32.8 Å². The Morgan fingerprint density at radius 2 is 2.18 bits per heavy atom. The van der Waals surface area contributed by atoms with Crippen molar-refractivity contribution in [2.24, 2.45) is 5.90 Å². The molecule has 0 spiro atoms. The third-order valence-electron chi connectivity index (χ3n) is 5.67. The van der Waals surface area contributed by atoms with E-state index in [1.807, 2.05) is 24.3 Å². The predicted octanol–water partition coefficient (Wildman–Crippen LogP) is 2.74. The summed E-state index contributed by atoms with van der Waals surface area (Å²) < 4.78 is 7.83. The molecule has 28 heavy (non-hydrogen) atoms. The maximum atomic E-state index is 13.2. The smallest absolute Gasteiger partial charge is 0.345 e. The van der Waals surface area contributed by atoms with Gasteiger partial charge in [-0.15, -0.1) is 0 Å². The third-order valence-corrected chi connectivity index (χ3v) is 6.36. The van der Waals surface area contributed by atoms with E-state index in [9.17, 15) is 9.59 Å². The van der Waals surface area contributed by atoms with Gasteiger partial charge in [-0.1, -0.05) is 28.9 Å². The molecule has 0 aliphatic carbocycles. The molecular formula is C20H16BrN3O4. The summed E-state index contributed by atoms with van der Waals surface area (Å²) in [6.07, 6.45) is 0.253. The molecule has 0 saturated heterocycles. The lowest BCUT2D eigenvalue weighted by molar-refractivity contribution is -0.182. The Balaban J connectivity index is 1.81. The Labute approximate surface area is 168 Å². The number of aromatic nitrogens is 2. The first kappa shape index (κ1) is 17.5. The molecule has 2 aromatic heterocycles. The van der Waals surface area contributed by atoms with Crippen LogP contribution in [0.3, 0.4) is 0 Å². The lowest BCUT2D eigenvalue weighted by atomic mass is 9.86. The summed E-state index contributed by atoms with van der Waals surface area (Å²) >= 11 is 3.56. The van der Waals surface area contributed by atoms with Crippen molar-refractivity contribution in [1.82, 2.24) is 9.55 Å². The molecule has 0 unspecified atom stereocenters. The van der Waals surface area contributed by atoms with Crippen molar-refractivity contribution in [3.63, 3.8) is 0 Å². The van der Waals surface area contributed by atoms with Gasteiger partial charge in [-0.05, 0) is 30.7 Å². The van der Waals surface area contributed by atoms with Gasteiger partial charge < -0.3 is 9.30 Å². The van der Waals surface area contributed by atoms with Crippen molar-refractivity contribution in [1.29, 1.82) is 0 Å². The highest BCUT2D eigenvalue weighted by atomic mass is 79.9. The maximum absolute atomic E-state index is 13.2. The van der Waals surface area contributed by atoms with E-state index in [-0.39, 0.29) is 18.6 Å². The Morgan fingerprint density at radius 3 is 2.93 bits per heavy atom. The van der Waals surface area contributed by atoms with Crippen LogP contribution >= 0.6 is 15.9 Å². The minimum absolute atomic E-state index is 0.0876. The number of ether oxygens (including phenoxy) is 1. The van der Waals surface area contributed by atoms with Crippen LogP contribution in [0.1, 0.15) is 30.0 Å². The van der Waals surface area contributed by atoms with E-state index < -0.39 is 11.6 Å². The molecule has 0 amide bonds. The molecule has 142 valence electrons. The van der Waals surface area contributed by atoms with Crippen molar-refractivity contribution in [3.8, 4) is 11.4 Å². The molecule has 0 radical (unpaired) electrons. The Morgan fingerprint density at radius 1 is 1.36 bits per heavy atom. The summed E-state index contributed by atoms with van der Waals surface area (Å²) in [5, 5.41) is 0.985. The summed E-state index contributed by atoms with van der Waals surface area (Å²) in [7, 11) is 0. The van der Waals surface area contributed by atoms with Gasteiger partial charge >= 0.3 is 5.97 Å². The van der Waals surface area contributed by atoms with Crippen LogP contribution in [0.2, 0.25) is 0 Å². The summed E-state index contributed by atoms with van der Waals surface area (Å²) in [6.45, 7) is 2.10. The number of nitrogens with two attached hydrogens (primary N) is 1. The van der Waals surface area contributed by atoms with Crippen molar-refractivity contribution < 1.29 is 14.4 Å². The number of carbonyl (C=O) groups is 1.